The topological polar surface area (TPSA) is 171 Å². The standard InChI is InChI=1S/C40H37N9O3/c1-22-9-13-31(24(3)17-22)44-37(51)26-11-12-28-27(19-26)20-29(38(52)45-32-14-10-23(2)18-25(32)4)34(50)33(28)46-47-36-30(21-41)35(40(5,6)7)48-49(36)39-42-15-8-16-43-39/h8-20,50H,1-7H3,(H,44,51)(H,45,52)/b47-46+. The van der Waals surface area contributed by atoms with Gasteiger partial charge in [-0.15, -0.1) is 10.2 Å². The van der Waals surface area contributed by atoms with Crippen LogP contribution in [0.1, 0.15) is 75.0 Å². The molecular formula is C40H37N9O3. The van der Waals surface area contributed by atoms with Crippen molar-refractivity contribution in [3.63, 3.8) is 0 Å². The summed E-state index contributed by atoms with van der Waals surface area (Å²) in [6.45, 7) is 13.5. The smallest absolute Gasteiger partial charge is 0.259 e. The van der Waals surface area contributed by atoms with Gasteiger partial charge in [-0.25, -0.2) is 9.97 Å². The first-order valence-electron chi connectivity index (χ1n) is 16.5. The Bertz CT molecular complexity index is 2450. The van der Waals surface area contributed by atoms with Gasteiger partial charge >= 0.3 is 0 Å². The molecule has 0 aliphatic rings. The number of nitriles is 1. The molecule has 2 aromatic heterocycles. The van der Waals surface area contributed by atoms with Crippen LogP contribution in [0.3, 0.4) is 0 Å². The second kappa shape index (κ2) is 13.9. The molecule has 0 saturated carbocycles. The molecule has 260 valence electrons. The molecule has 0 atom stereocenters. The number of amides is 2. The van der Waals surface area contributed by atoms with Crippen LogP contribution in [0.4, 0.5) is 22.9 Å². The monoisotopic (exact) mass is 691 g/mol. The number of carbonyl (C=O) groups is 2. The van der Waals surface area contributed by atoms with Crippen LogP contribution in [0.2, 0.25) is 0 Å². The molecule has 0 unspecified atom stereocenters. The molecular weight excluding hydrogens is 654 g/mol. The van der Waals surface area contributed by atoms with Crippen LogP contribution in [-0.4, -0.2) is 36.7 Å². The number of phenolic OH excluding ortho intramolecular Hbond substituents is 1. The van der Waals surface area contributed by atoms with Gasteiger partial charge in [0, 0.05) is 40.1 Å². The van der Waals surface area contributed by atoms with Gasteiger partial charge in [0.15, 0.2) is 11.6 Å². The average molecular weight is 692 g/mol. The highest BCUT2D eigenvalue weighted by molar-refractivity contribution is 6.13. The number of benzene rings is 4. The van der Waals surface area contributed by atoms with Gasteiger partial charge in [-0.3, -0.25) is 9.59 Å². The zero-order valence-electron chi connectivity index (χ0n) is 29.9. The van der Waals surface area contributed by atoms with Gasteiger partial charge in [-0.05, 0) is 80.6 Å². The number of phenols is 1. The lowest BCUT2D eigenvalue weighted by Gasteiger charge is -2.14. The van der Waals surface area contributed by atoms with E-state index in [0.29, 0.717) is 33.4 Å². The van der Waals surface area contributed by atoms with E-state index in [1.165, 1.54) is 10.7 Å². The van der Waals surface area contributed by atoms with Gasteiger partial charge in [-0.1, -0.05) is 62.2 Å². The Morgan fingerprint density at radius 1 is 0.827 bits per heavy atom. The van der Waals surface area contributed by atoms with Crippen molar-refractivity contribution in [2.24, 2.45) is 10.2 Å². The van der Waals surface area contributed by atoms with E-state index in [4.69, 9.17) is 0 Å². The van der Waals surface area contributed by atoms with Crippen molar-refractivity contribution in [1.82, 2.24) is 19.7 Å². The molecule has 12 heteroatoms. The summed E-state index contributed by atoms with van der Waals surface area (Å²) < 4.78 is 1.33. The molecule has 0 spiro atoms. The highest BCUT2D eigenvalue weighted by Gasteiger charge is 2.29. The number of anilines is 2. The Labute approximate surface area is 300 Å². The summed E-state index contributed by atoms with van der Waals surface area (Å²) in [5.41, 5.74) is 5.34. The molecule has 2 heterocycles. The van der Waals surface area contributed by atoms with E-state index < -0.39 is 17.1 Å². The van der Waals surface area contributed by atoms with Gasteiger partial charge in [-0.2, -0.15) is 15.0 Å². The van der Waals surface area contributed by atoms with Crippen molar-refractivity contribution in [2.75, 3.05) is 10.6 Å². The Morgan fingerprint density at radius 3 is 2.02 bits per heavy atom. The van der Waals surface area contributed by atoms with E-state index in [-0.39, 0.29) is 34.5 Å². The maximum absolute atomic E-state index is 13.8. The molecule has 0 radical (unpaired) electrons. The van der Waals surface area contributed by atoms with Crippen molar-refractivity contribution in [3.8, 4) is 17.8 Å². The molecule has 3 N–H and O–H groups in total. The third kappa shape index (κ3) is 6.97. The number of aryl methyl sites for hydroxylation is 4. The first-order chi connectivity index (χ1) is 24.7. The minimum Gasteiger partial charge on any atom is -0.505 e. The quantitative estimate of drug-likeness (QED) is 0.140. The number of azo groups is 1. The Hall–Kier alpha value is -6.74. The molecule has 0 aliphatic carbocycles. The number of nitrogens with one attached hydrogen (secondary N) is 2. The predicted octanol–water partition coefficient (Wildman–Crippen LogP) is 8.84. The van der Waals surface area contributed by atoms with Gasteiger partial charge in [0.2, 0.25) is 0 Å². The normalized spacial score (nSPS) is 11.5. The molecule has 0 aliphatic heterocycles. The second-order valence-corrected chi connectivity index (χ2v) is 13.7. The van der Waals surface area contributed by atoms with Crippen LogP contribution in [0.5, 0.6) is 5.75 Å². The Kier molecular flexibility index (Phi) is 9.37. The number of rotatable bonds is 7. The van der Waals surface area contributed by atoms with E-state index in [1.807, 2.05) is 78.8 Å². The fourth-order valence-corrected chi connectivity index (χ4v) is 5.85. The summed E-state index contributed by atoms with van der Waals surface area (Å²) in [6.07, 6.45) is 3.08. The highest BCUT2D eigenvalue weighted by Crippen LogP contribution is 2.41. The van der Waals surface area contributed by atoms with E-state index in [0.717, 1.165) is 22.3 Å². The van der Waals surface area contributed by atoms with Crippen molar-refractivity contribution < 1.29 is 14.7 Å². The number of aromatic hydroxyl groups is 1. The van der Waals surface area contributed by atoms with E-state index in [1.54, 1.807) is 42.7 Å². The van der Waals surface area contributed by atoms with Crippen LogP contribution < -0.4 is 10.6 Å². The SMILES string of the molecule is Cc1ccc(NC(=O)c2ccc3c(/N=N/c4c(C#N)c(C(C)(C)C)nn4-c4ncccn4)c(O)c(C(=O)Nc4ccc(C)cc4C)cc3c2)c(C)c1. The van der Waals surface area contributed by atoms with Crippen LogP contribution in [0.15, 0.2) is 89.4 Å². The number of hydrogen-bond donors (Lipinski definition) is 3. The molecule has 12 nitrogen and oxygen atoms in total. The number of aromatic nitrogens is 4. The largest absolute Gasteiger partial charge is 0.505 e. The summed E-state index contributed by atoms with van der Waals surface area (Å²) in [5, 5.41) is 42.2. The summed E-state index contributed by atoms with van der Waals surface area (Å²) in [5.74, 6) is -1.18. The number of nitrogens with zero attached hydrogens (tertiary/aromatic N) is 7. The Morgan fingerprint density at radius 2 is 1.44 bits per heavy atom. The molecule has 0 fully saturated rings. The predicted molar refractivity (Wildman–Crippen MR) is 200 cm³/mol. The lowest BCUT2D eigenvalue weighted by atomic mass is 9.90. The Balaban J connectivity index is 1.51. The van der Waals surface area contributed by atoms with Gasteiger partial charge in [0.05, 0.1) is 11.3 Å². The summed E-state index contributed by atoms with van der Waals surface area (Å²) in [6, 6.07) is 21.6. The lowest BCUT2D eigenvalue weighted by Crippen LogP contribution is -2.14. The molecule has 0 bridgehead atoms. The van der Waals surface area contributed by atoms with E-state index in [9.17, 15) is 20.0 Å². The summed E-state index contributed by atoms with van der Waals surface area (Å²) in [4.78, 5) is 35.9. The maximum Gasteiger partial charge on any atom is 0.259 e. The summed E-state index contributed by atoms with van der Waals surface area (Å²) >= 11 is 0. The molecule has 52 heavy (non-hydrogen) atoms. The van der Waals surface area contributed by atoms with Crippen LogP contribution in [0.25, 0.3) is 16.7 Å². The van der Waals surface area contributed by atoms with Crippen molar-refractivity contribution >= 4 is 45.5 Å². The number of fused-ring (bicyclic) bond motifs is 1. The zero-order valence-corrected chi connectivity index (χ0v) is 29.9. The fraction of sp³-hybridized carbons (Fsp3) is 0.200. The second-order valence-electron chi connectivity index (χ2n) is 13.7. The van der Waals surface area contributed by atoms with Crippen LogP contribution >= 0.6 is 0 Å². The van der Waals surface area contributed by atoms with Crippen molar-refractivity contribution in [2.45, 2.75) is 53.9 Å². The van der Waals surface area contributed by atoms with Crippen molar-refractivity contribution in [1.29, 1.82) is 5.26 Å². The van der Waals surface area contributed by atoms with E-state index >= 15 is 0 Å². The molecule has 4 aromatic carbocycles. The maximum atomic E-state index is 13.8. The van der Waals surface area contributed by atoms with Gasteiger partial charge < -0.3 is 15.7 Å². The number of carbonyl (C=O) groups excluding carboxylic acids is 2. The van der Waals surface area contributed by atoms with Crippen molar-refractivity contribution in [3.05, 3.63) is 124 Å². The minimum atomic E-state index is -0.594. The molecule has 6 aromatic rings. The molecule has 0 saturated heterocycles. The third-order valence-corrected chi connectivity index (χ3v) is 8.52. The average Bonchev–Trinajstić information content (AvgIpc) is 3.49. The first kappa shape index (κ1) is 35.1. The summed E-state index contributed by atoms with van der Waals surface area (Å²) in [7, 11) is 0. The van der Waals surface area contributed by atoms with Gasteiger partial charge in [0.25, 0.3) is 17.8 Å². The minimum absolute atomic E-state index is 0.0424. The van der Waals surface area contributed by atoms with Crippen LogP contribution in [-0.2, 0) is 5.41 Å². The third-order valence-electron chi connectivity index (χ3n) is 8.52. The fourth-order valence-electron chi connectivity index (χ4n) is 5.85. The zero-order chi connectivity index (χ0) is 37.3. The van der Waals surface area contributed by atoms with Crippen LogP contribution in [0, 0.1) is 39.0 Å². The van der Waals surface area contributed by atoms with E-state index in [2.05, 4.69) is 42.0 Å². The van der Waals surface area contributed by atoms with Gasteiger partial charge in [0.1, 0.15) is 17.3 Å². The lowest BCUT2D eigenvalue weighted by molar-refractivity contribution is 0.101. The first-order valence-corrected chi connectivity index (χ1v) is 16.5. The molecule has 2 amide bonds. The highest BCUT2D eigenvalue weighted by atomic mass is 16.3. The molecule has 6 rings (SSSR count). The number of hydrogen-bond acceptors (Lipinski definition) is 9.